The van der Waals surface area contributed by atoms with Gasteiger partial charge in [0.05, 0.1) is 18.7 Å². The standard InChI is InChI=1S/C19H20N4OS/c1-12-3-8-15-16(9-12)25-19-17(15)18(20-11-21-19)23-22-10-13-4-6-14(24-2)7-5-13/h4-7,10-12H,3,8-9H2,1-2H3,(H,20,21,23)/b22-10-. The van der Waals surface area contributed by atoms with Gasteiger partial charge in [0, 0.05) is 4.88 Å². The summed E-state index contributed by atoms with van der Waals surface area (Å²) in [6.45, 7) is 2.32. The van der Waals surface area contributed by atoms with Gasteiger partial charge in [0.15, 0.2) is 5.82 Å². The minimum absolute atomic E-state index is 0.748. The summed E-state index contributed by atoms with van der Waals surface area (Å²) in [4.78, 5) is 11.4. The van der Waals surface area contributed by atoms with E-state index in [9.17, 15) is 0 Å². The third-order valence-corrected chi connectivity index (χ3v) is 5.75. The Kier molecular flexibility index (Phi) is 4.36. The van der Waals surface area contributed by atoms with Gasteiger partial charge in [0.25, 0.3) is 0 Å². The molecule has 1 N–H and O–H groups in total. The maximum atomic E-state index is 5.17. The van der Waals surface area contributed by atoms with Crippen molar-refractivity contribution in [2.75, 3.05) is 12.5 Å². The first-order chi connectivity index (χ1) is 12.2. The number of benzene rings is 1. The molecule has 1 aliphatic rings. The lowest BCUT2D eigenvalue weighted by atomic mass is 9.89. The highest BCUT2D eigenvalue weighted by atomic mass is 32.1. The van der Waals surface area contributed by atoms with Crippen molar-refractivity contribution in [1.82, 2.24) is 9.97 Å². The van der Waals surface area contributed by atoms with Gasteiger partial charge in [-0.25, -0.2) is 9.97 Å². The molecule has 0 spiro atoms. The number of anilines is 1. The molecule has 1 aliphatic carbocycles. The van der Waals surface area contributed by atoms with Crippen molar-refractivity contribution in [3.05, 3.63) is 46.6 Å². The number of rotatable bonds is 4. The van der Waals surface area contributed by atoms with Gasteiger partial charge in [0.2, 0.25) is 0 Å². The first-order valence-electron chi connectivity index (χ1n) is 8.43. The average Bonchev–Trinajstić information content (AvgIpc) is 3.00. The molecule has 0 fully saturated rings. The predicted octanol–water partition coefficient (Wildman–Crippen LogP) is 4.27. The number of hydrogen-bond acceptors (Lipinski definition) is 6. The highest BCUT2D eigenvalue weighted by molar-refractivity contribution is 7.19. The van der Waals surface area contributed by atoms with Gasteiger partial charge in [-0.3, -0.25) is 5.43 Å². The highest BCUT2D eigenvalue weighted by Gasteiger charge is 2.22. The molecular weight excluding hydrogens is 332 g/mol. The molecule has 0 saturated carbocycles. The summed E-state index contributed by atoms with van der Waals surface area (Å²) in [7, 11) is 1.66. The second kappa shape index (κ2) is 6.80. The van der Waals surface area contributed by atoms with Crippen LogP contribution in [0.3, 0.4) is 0 Å². The SMILES string of the molecule is COc1ccc(/C=N\Nc2ncnc3sc4c(c23)CCC(C)C4)cc1. The Morgan fingerprint density at radius 3 is 2.92 bits per heavy atom. The van der Waals surface area contributed by atoms with Gasteiger partial charge in [-0.05, 0) is 60.6 Å². The van der Waals surface area contributed by atoms with Crippen molar-refractivity contribution in [1.29, 1.82) is 0 Å². The van der Waals surface area contributed by atoms with E-state index in [2.05, 4.69) is 27.4 Å². The maximum Gasteiger partial charge on any atom is 0.158 e. The van der Waals surface area contributed by atoms with E-state index in [4.69, 9.17) is 4.74 Å². The van der Waals surface area contributed by atoms with Crippen LogP contribution in [-0.2, 0) is 12.8 Å². The van der Waals surface area contributed by atoms with Crippen molar-refractivity contribution in [2.45, 2.75) is 26.2 Å². The zero-order valence-electron chi connectivity index (χ0n) is 14.3. The van der Waals surface area contributed by atoms with E-state index in [1.807, 2.05) is 24.3 Å². The van der Waals surface area contributed by atoms with Crippen molar-refractivity contribution in [2.24, 2.45) is 11.0 Å². The predicted molar refractivity (Wildman–Crippen MR) is 103 cm³/mol. The van der Waals surface area contributed by atoms with Crippen molar-refractivity contribution in [3.8, 4) is 5.75 Å². The normalized spacial score (nSPS) is 17.0. The molecule has 5 nitrogen and oxygen atoms in total. The van der Waals surface area contributed by atoms with Crippen LogP contribution in [0.5, 0.6) is 5.75 Å². The molecule has 1 unspecified atom stereocenters. The molecule has 0 amide bonds. The van der Waals surface area contributed by atoms with Crippen LogP contribution in [-0.4, -0.2) is 23.3 Å². The van der Waals surface area contributed by atoms with E-state index < -0.39 is 0 Å². The monoisotopic (exact) mass is 352 g/mol. The summed E-state index contributed by atoms with van der Waals surface area (Å²) in [5.41, 5.74) is 5.51. The number of hydrazone groups is 1. The zero-order valence-corrected chi connectivity index (χ0v) is 15.1. The topological polar surface area (TPSA) is 59.4 Å². The molecular formula is C19H20N4OS. The first-order valence-corrected chi connectivity index (χ1v) is 9.24. The molecule has 25 heavy (non-hydrogen) atoms. The second-order valence-corrected chi connectivity index (χ2v) is 7.48. The van der Waals surface area contributed by atoms with Crippen molar-refractivity contribution in [3.63, 3.8) is 0 Å². The van der Waals surface area contributed by atoms with Gasteiger partial charge >= 0.3 is 0 Å². The Morgan fingerprint density at radius 1 is 1.28 bits per heavy atom. The van der Waals surface area contributed by atoms with Crippen LogP contribution in [0.4, 0.5) is 5.82 Å². The van der Waals surface area contributed by atoms with E-state index in [-0.39, 0.29) is 0 Å². The maximum absolute atomic E-state index is 5.17. The van der Waals surface area contributed by atoms with Gasteiger partial charge in [-0.2, -0.15) is 5.10 Å². The summed E-state index contributed by atoms with van der Waals surface area (Å²) in [6, 6.07) is 7.77. The lowest BCUT2D eigenvalue weighted by Gasteiger charge is -2.18. The van der Waals surface area contributed by atoms with E-state index in [0.29, 0.717) is 0 Å². The number of aryl methyl sites for hydroxylation is 1. The summed E-state index contributed by atoms with van der Waals surface area (Å²) < 4.78 is 5.17. The van der Waals surface area contributed by atoms with Crippen LogP contribution in [0.1, 0.15) is 29.3 Å². The fourth-order valence-electron chi connectivity index (χ4n) is 3.22. The lowest BCUT2D eigenvalue weighted by molar-refractivity contribution is 0.415. The fourth-order valence-corrected chi connectivity index (χ4v) is 4.57. The number of fused-ring (bicyclic) bond motifs is 3. The Morgan fingerprint density at radius 2 is 2.12 bits per heavy atom. The van der Waals surface area contributed by atoms with Crippen LogP contribution < -0.4 is 10.2 Å². The number of thiophene rings is 1. The molecule has 6 heteroatoms. The third kappa shape index (κ3) is 3.22. The van der Waals surface area contributed by atoms with Crippen LogP contribution in [0, 0.1) is 5.92 Å². The van der Waals surface area contributed by atoms with Crippen molar-refractivity contribution >= 4 is 33.6 Å². The molecule has 0 saturated heterocycles. The zero-order chi connectivity index (χ0) is 17.2. The molecule has 0 aliphatic heterocycles. The van der Waals surface area contributed by atoms with E-state index in [1.165, 1.54) is 16.9 Å². The molecule has 4 rings (SSSR count). The molecule has 2 heterocycles. The van der Waals surface area contributed by atoms with Gasteiger partial charge in [0.1, 0.15) is 16.9 Å². The summed E-state index contributed by atoms with van der Waals surface area (Å²) in [5, 5.41) is 5.50. The molecule has 2 aromatic heterocycles. The van der Waals surface area contributed by atoms with Crippen molar-refractivity contribution < 1.29 is 4.74 Å². The summed E-state index contributed by atoms with van der Waals surface area (Å²) in [6.07, 6.45) is 6.86. The highest BCUT2D eigenvalue weighted by Crippen LogP contribution is 2.39. The molecule has 0 bridgehead atoms. The quantitative estimate of drug-likeness (QED) is 0.563. The van der Waals surface area contributed by atoms with Crippen LogP contribution in [0.25, 0.3) is 10.2 Å². The van der Waals surface area contributed by atoms with E-state index in [0.717, 1.165) is 46.1 Å². The van der Waals surface area contributed by atoms with Gasteiger partial charge in [-0.15, -0.1) is 11.3 Å². The van der Waals surface area contributed by atoms with E-state index in [1.54, 1.807) is 31.0 Å². The van der Waals surface area contributed by atoms with Gasteiger partial charge in [-0.1, -0.05) is 6.92 Å². The Hall–Kier alpha value is -2.47. The average molecular weight is 352 g/mol. The van der Waals surface area contributed by atoms with Gasteiger partial charge < -0.3 is 4.74 Å². The Labute approximate surface area is 150 Å². The molecule has 128 valence electrons. The van der Waals surface area contributed by atoms with Crippen LogP contribution in [0.2, 0.25) is 0 Å². The smallest absolute Gasteiger partial charge is 0.158 e. The van der Waals surface area contributed by atoms with Crippen LogP contribution >= 0.6 is 11.3 Å². The van der Waals surface area contributed by atoms with Crippen LogP contribution in [0.15, 0.2) is 35.7 Å². The Balaban J connectivity index is 1.59. The molecule has 1 aromatic carbocycles. The second-order valence-electron chi connectivity index (χ2n) is 6.40. The number of nitrogens with zero attached hydrogens (tertiary/aromatic N) is 3. The minimum atomic E-state index is 0.748. The first kappa shape index (κ1) is 16.0. The minimum Gasteiger partial charge on any atom is -0.497 e. The molecule has 3 aromatic rings. The fraction of sp³-hybridized carbons (Fsp3) is 0.316. The molecule has 1 atom stereocenters. The number of nitrogens with one attached hydrogen (secondary N) is 1. The number of aromatic nitrogens is 2. The van der Waals surface area contributed by atoms with E-state index >= 15 is 0 Å². The third-order valence-electron chi connectivity index (χ3n) is 4.59. The Bertz CT molecular complexity index is 917. The number of methoxy groups -OCH3 is 1. The lowest BCUT2D eigenvalue weighted by Crippen LogP contribution is -2.09. The summed E-state index contributed by atoms with van der Waals surface area (Å²) >= 11 is 1.79. The summed E-state index contributed by atoms with van der Waals surface area (Å²) in [5.74, 6) is 2.38. The molecule has 0 radical (unpaired) electrons. The largest absolute Gasteiger partial charge is 0.497 e. The number of hydrogen-bond donors (Lipinski definition) is 1. The number of ether oxygens (including phenoxy) is 1.